The molecule has 0 radical (unpaired) electrons. The van der Waals surface area contributed by atoms with Crippen molar-refractivity contribution < 1.29 is 30.8 Å². The van der Waals surface area contributed by atoms with E-state index in [0.717, 1.165) is 30.3 Å². The zero-order chi connectivity index (χ0) is 24.5. The number of benzene rings is 3. The van der Waals surface area contributed by atoms with Gasteiger partial charge in [0.05, 0.1) is 16.2 Å². The molecule has 0 aliphatic carbocycles. The van der Waals surface area contributed by atoms with Crippen LogP contribution in [0.4, 0.5) is 23.2 Å². The number of halogens is 4. The zero-order valence-electron chi connectivity index (χ0n) is 17.5. The number of nitrogens with one attached hydrogen (secondary N) is 1. The van der Waals surface area contributed by atoms with Crippen LogP contribution >= 0.6 is 0 Å². The van der Waals surface area contributed by atoms with Crippen LogP contribution in [0.5, 0.6) is 0 Å². The topological polar surface area (TPSA) is 68.2 Å². The van der Waals surface area contributed by atoms with Gasteiger partial charge >= 0.3 is 6.18 Å². The smallest absolute Gasteiger partial charge is 0.337 e. The molecule has 3 aromatic carbocycles. The molecule has 0 saturated heterocycles. The molecule has 4 rings (SSSR count). The summed E-state index contributed by atoms with van der Waals surface area (Å²) in [7, 11) is -3.88. The van der Waals surface area contributed by atoms with Gasteiger partial charge in [0.2, 0.25) is 5.91 Å². The number of hydrogen-bond acceptors (Lipinski definition) is 3. The maximum Gasteiger partial charge on any atom is 0.416 e. The van der Waals surface area contributed by atoms with Gasteiger partial charge in [-0.3, -0.25) is 4.79 Å². The standard InChI is InChI=1S/C24H18F4N2O3S/c25-18-5-3-4-16(12-18)15-34(32,33)22-13-30(21-7-2-1-6-20(21)22)14-23(31)29-19-10-8-17(9-11-19)24(26,27)28/h1-13H,14-15H2,(H,29,31). The lowest BCUT2D eigenvalue weighted by Crippen LogP contribution is -2.18. The number of hydrogen-bond donors (Lipinski definition) is 1. The second kappa shape index (κ2) is 8.94. The van der Waals surface area contributed by atoms with Crippen molar-refractivity contribution in [2.75, 3.05) is 5.32 Å². The molecule has 176 valence electrons. The third-order valence-electron chi connectivity index (χ3n) is 5.14. The Kier molecular flexibility index (Phi) is 6.18. The van der Waals surface area contributed by atoms with E-state index in [1.807, 2.05) is 0 Å². The molecule has 0 fully saturated rings. The van der Waals surface area contributed by atoms with Crippen LogP contribution < -0.4 is 5.32 Å². The molecule has 34 heavy (non-hydrogen) atoms. The Labute approximate surface area is 192 Å². The molecule has 1 heterocycles. The molecule has 1 aromatic heterocycles. The molecule has 0 atom stereocenters. The maximum atomic E-state index is 13.5. The second-order valence-electron chi connectivity index (χ2n) is 7.65. The molecule has 0 aliphatic rings. The summed E-state index contributed by atoms with van der Waals surface area (Å²) >= 11 is 0. The van der Waals surface area contributed by atoms with Gasteiger partial charge in [0.15, 0.2) is 9.84 Å². The summed E-state index contributed by atoms with van der Waals surface area (Å²) < 4.78 is 79.3. The summed E-state index contributed by atoms with van der Waals surface area (Å²) in [6.45, 7) is -0.267. The number of para-hydroxylation sites is 1. The number of fused-ring (bicyclic) bond motifs is 1. The normalized spacial score (nSPS) is 12.1. The fourth-order valence-corrected chi connectivity index (χ4v) is 5.18. The minimum Gasteiger partial charge on any atom is -0.337 e. The molecule has 0 bridgehead atoms. The molecule has 0 spiro atoms. The van der Waals surface area contributed by atoms with Gasteiger partial charge < -0.3 is 9.88 Å². The third kappa shape index (κ3) is 5.12. The minimum absolute atomic E-state index is 0.00492. The molecule has 1 amide bonds. The largest absolute Gasteiger partial charge is 0.416 e. The number of anilines is 1. The average Bonchev–Trinajstić information content (AvgIpc) is 3.12. The molecule has 0 saturated carbocycles. The quantitative estimate of drug-likeness (QED) is 0.368. The van der Waals surface area contributed by atoms with Crippen molar-refractivity contribution in [3.63, 3.8) is 0 Å². The Morgan fingerprint density at radius 2 is 1.65 bits per heavy atom. The van der Waals surface area contributed by atoms with Crippen molar-refractivity contribution in [2.45, 2.75) is 23.4 Å². The van der Waals surface area contributed by atoms with E-state index in [-0.39, 0.29) is 22.7 Å². The van der Waals surface area contributed by atoms with Crippen LogP contribution in [0.15, 0.2) is 83.9 Å². The van der Waals surface area contributed by atoms with E-state index in [1.165, 1.54) is 29.0 Å². The van der Waals surface area contributed by atoms with Gasteiger partial charge in [0.25, 0.3) is 0 Å². The zero-order valence-corrected chi connectivity index (χ0v) is 18.3. The highest BCUT2D eigenvalue weighted by molar-refractivity contribution is 7.90. The molecule has 0 aliphatic heterocycles. The van der Waals surface area contributed by atoms with E-state index in [9.17, 15) is 30.8 Å². The lowest BCUT2D eigenvalue weighted by atomic mass is 10.2. The van der Waals surface area contributed by atoms with Gasteiger partial charge in [-0.25, -0.2) is 12.8 Å². The van der Waals surface area contributed by atoms with Crippen molar-refractivity contribution >= 4 is 32.3 Å². The fraction of sp³-hybridized carbons (Fsp3) is 0.125. The molecular formula is C24H18F4N2O3S. The SMILES string of the molecule is O=C(Cn1cc(S(=O)(=O)Cc2cccc(F)c2)c2ccccc21)Nc1ccc(C(F)(F)F)cc1. The van der Waals surface area contributed by atoms with Crippen LogP contribution in [0.2, 0.25) is 0 Å². The van der Waals surface area contributed by atoms with Gasteiger partial charge in [0, 0.05) is 22.8 Å². The minimum atomic E-state index is -4.49. The Balaban J connectivity index is 1.58. The van der Waals surface area contributed by atoms with Crippen LogP contribution in [0, 0.1) is 5.82 Å². The first-order chi connectivity index (χ1) is 16.0. The average molecular weight is 490 g/mol. The monoisotopic (exact) mass is 490 g/mol. The number of carbonyl (C=O) groups excluding carboxylic acids is 1. The summed E-state index contributed by atoms with van der Waals surface area (Å²) in [5.74, 6) is -1.51. The van der Waals surface area contributed by atoms with E-state index in [2.05, 4.69) is 5.32 Å². The first-order valence-electron chi connectivity index (χ1n) is 10.1. The Hall–Kier alpha value is -3.66. The van der Waals surface area contributed by atoms with Crippen LogP contribution in [0.1, 0.15) is 11.1 Å². The van der Waals surface area contributed by atoms with Crippen molar-refractivity contribution in [1.29, 1.82) is 0 Å². The summed E-state index contributed by atoms with van der Waals surface area (Å²) in [5.41, 5.74) is 0.114. The fourth-order valence-electron chi connectivity index (χ4n) is 3.61. The van der Waals surface area contributed by atoms with Gasteiger partial charge in [-0.05, 0) is 48.0 Å². The Bertz CT molecular complexity index is 1460. The second-order valence-corrected chi connectivity index (χ2v) is 9.61. The lowest BCUT2D eigenvalue weighted by molar-refractivity contribution is -0.137. The van der Waals surface area contributed by atoms with Gasteiger partial charge in [0.1, 0.15) is 12.4 Å². The van der Waals surface area contributed by atoms with Crippen LogP contribution in [-0.4, -0.2) is 18.9 Å². The van der Waals surface area contributed by atoms with E-state index in [1.54, 1.807) is 24.3 Å². The number of amides is 1. The van der Waals surface area contributed by atoms with Crippen molar-refractivity contribution in [3.8, 4) is 0 Å². The number of alkyl halides is 3. The van der Waals surface area contributed by atoms with Crippen molar-refractivity contribution in [1.82, 2.24) is 4.57 Å². The van der Waals surface area contributed by atoms with E-state index in [4.69, 9.17) is 0 Å². The maximum absolute atomic E-state index is 13.5. The van der Waals surface area contributed by atoms with Gasteiger partial charge in [-0.15, -0.1) is 0 Å². The Morgan fingerprint density at radius 3 is 2.32 bits per heavy atom. The number of rotatable bonds is 6. The predicted octanol–water partition coefficient (Wildman–Crippen LogP) is 5.41. The van der Waals surface area contributed by atoms with E-state index in [0.29, 0.717) is 10.9 Å². The number of carbonyl (C=O) groups is 1. The predicted molar refractivity (Wildman–Crippen MR) is 119 cm³/mol. The summed E-state index contributed by atoms with van der Waals surface area (Å²) in [6.07, 6.45) is -3.15. The first-order valence-corrected chi connectivity index (χ1v) is 11.7. The Morgan fingerprint density at radius 1 is 0.941 bits per heavy atom. The molecule has 5 nitrogen and oxygen atoms in total. The number of nitrogens with zero attached hydrogens (tertiary/aromatic N) is 1. The number of aromatic nitrogens is 1. The molecule has 0 unspecified atom stereocenters. The van der Waals surface area contributed by atoms with Crippen LogP contribution in [-0.2, 0) is 33.1 Å². The lowest BCUT2D eigenvalue weighted by Gasteiger charge is -2.09. The van der Waals surface area contributed by atoms with Crippen molar-refractivity contribution in [2.24, 2.45) is 0 Å². The van der Waals surface area contributed by atoms with E-state index >= 15 is 0 Å². The summed E-state index contributed by atoms with van der Waals surface area (Å²) in [4.78, 5) is 12.5. The van der Waals surface area contributed by atoms with Crippen LogP contribution in [0.3, 0.4) is 0 Å². The summed E-state index contributed by atoms with van der Waals surface area (Å²) in [5, 5.41) is 2.91. The van der Waals surface area contributed by atoms with Crippen LogP contribution in [0.25, 0.3) is 10.9 Å². The highest BCUT2D eigenvalue weighted by Crippen LogP contribution is 2.30. The first kappa shape index (κ1) is 23.5. The van der Waals surface area contributed by atoms with E-state index < -0.39 is 39.1 Å². The van der Waals surface area contributed by atoms with Crippen molar-refractivity contribution in [3.05, 3.63) is 95.9 Å². The van der Waals surface area contributed by atoms with Gasteiger partial charge in [-0.2, -0.15) is 13.2 Å². The third-order valence-corrected chi connectivity index (χ3v) is 6.85. The highest BCUT2D eigenvalue weighted by Gasteiger charge is 2.30. The van der Waals surface area contributed by atoms with Gasteiger partial charge in [-0.1, -0.05) is 30.3 Å². The number of sulfone groups is 1. The molecule has 10 heteroatoms. The highest BCUT2D eigenvalue weighted by atomic mass is 32.2. The molecule has 4 aromatic rings. The molecular weight excluding hydrogens is 472 g/mol. The molecule has 1 N–H and O–H groups in total. The summed E-state index contributed by atoms with van der Waals surface area (Å²) in [6, 6.07) is 15.9.